The Morgan fingerprint density at radius 3 is 2.59 bits per heavy atom. The zero-order valence-electron chi connectivity index (χ0n) is 9.64. The summed E-state index contributed by atoms with van der Waals surface area (Å²) in [5.74, 6) is 0.880. The summed E-state index contributed by atoms with van der Waals surface area (Å²) in [5, 5.41) is 8.95. The maximum Gasteiger partial charge on any atom is 0.119 e. The summed E-state index contributed by atoms with van der Waals surface area (Å²) in [6.45, 7) is 0.786. The van der Waals surface area contributed by atoms with E-state index in [4.69, 9.17) is 14.6 Å². The van der Waals surface area contributed by atoms with Crippen molar-refractivity contribution in [2.45, 2.75) is 31.5 Å². The highest BCUT2D eigenvalue weighted by Crippen LogP contribution is 2.22. The molecule has 0 aliphatic carbocycles. The van der Waals surface area contributed by atoms with Crippen LogP contribution in [0.15, 0.2) is 28.7 Å². The Balaban J connectivity index is 1.68. The van der Waals surface area contributed by atoms with Gasteiger partial charge in [0.25, 0.3) is 0 Å². The number of ether oxygens (including phenoxy) is 2. The predicted molar refractivity (Wildman–Crippen MR) is 69.2 cm³/mol. The van der Waals surface area contributed by atoms with Crippen molar-refractivity contribution in [1.29, 1.82) is 0 Å². The van der Waals surface area contributed by atoms with Gasteiger partial charge in [0.15, 0.2) is 0 Å². The van der Waals surface area contributed by atoms with Crippen molar-refractivity contribution in [1.82, 2.24) is 0 Å². The molecule has 1 saturated heterocycles. The summed E-state index contributed by atoms with van der Waals surface area (Å²) in [4.78, 5) is 0. The minimum Gasteiger partial charge on any atom is -0.493 e. The van der Waals surface area contributed by atoms with Gasteiger partial charge in [0, 0.05) is 10.9 Å². The first-order valence-electron chi connectivity index (χ1n) is 5.92. The lowest BCUT2D eigenvalue weighted by Gasteiger charge is -2.12. The van der Waals surface area contributed by atoms with Crippen molar-refractivity contribution in [3.8, 4) is 5.75 Å². The van der Waals surface area contributed by atoms with E-state index in [1.54, 1.807) is 0 Å². The highest BCUT2D eigenvalue weighted by Gasteiger charge is 2.24. The SMILES string of the molecule is OCC1CCC(CCOc2ccc(Br)cc2)O1. The van der Waals surface area contributed by atoms with Crippen LogP contribution in [0, 0.1) is 0 Å². The number of hydrogen-bond donors (Lipinski definition) is 1. The van der Waals surface area contributed by atoms with E-state index in [9.17, 15) is 0 Å². The fraction of sp³-hybridized carbons (Fsp3) is 0.538. The van der Waals surface area contributed by atoms with Gasteiger partial charge in [-0.1, -0.05) is 15.9 Å². The van der Waals surface area contributed by atoms with E-state index < -0.39 is 0 Å². The van der Waals surface area contributed by atoms with Gasteiger partial charge in [0.2, 0.25) is 0 Å². The molecular weight excluding hydrogens is 284 g/mol. The van der Waals surface area contributed by atoms with Crippen LogP contribution in [-0.2, 0) is 4.74 Å². The normalized spacial score (nSPS) is 23.9. The minimum atomic E-state index is 0.0349. The van der Waals surface area contributed by atoms with Crippen LogP contribution < -0.4 is 4.74 Å². The monoisotopic (exact) mass is 300 g/mol. The molecule has 2 rings (SSSR count). The Labute approximate surface area is 110 Å². The second-order valence-electron chi connectivity index (χ2n) is 4.23. The number of aliphatic hydroxyl groups excluding tert-OH is 1. The third-order valence-corrected chi connectivity index (χ3v) is 3.45. The Kier molecular flexibility index (Phi) is 4.83. The zero-order chi connectivity index (χ0) is 12.1. The van der Waals surface area contributed by atoms with Crippen LogP contribution in [-0.4, -0.2) is 30.5 Å². The second-order valence-corrected chi connectivity index (χ2v) is 5.15. The van der Waals surface area contributed by atoms with Gasteiger partial charge >= 0.3 is 0 Å². The summed E-state index contributed by atoms with van der Waals surface area (Å²) in [6, 6.07) is 7.80. The fourth-order valence-corrected chi connectivity index (χ4v) is 2.23. The van der Waals surface area contributed by atoms with Crippen LogP contribution in [0.25, 0.3) is 0 Å². The maximum absolute atomic E-state index is 8.95. The molecule has 1 aliphatic rings. The number of rotatable bonds is 5. The molecule has 1 aromatic rings. The standard InChI is InChI=1S/C13H17BrO3/c14-10-1-3-11(4-2-10)16-8-7-12-5-6-13(9-15)17-12/h1-4,12-13,15H,5-9H2. The van der Waals surface area contributed by atoms with Crippen molar-refractivity contribution in [2.24, 2.45) is 0 Å². The molecule has 3 nitrogen and oxygen atoms in total. The van der Waals surface area contributed by atoms with E-state index in [-0.39, 0.29) is 18.8 Å². The lowest BCUT2D eigenvalue weighted by molar-refractivity contribution is 0.00366. The molecule has 0 saturated carbocycles. The third-order valence-electron chi connectivity index (χ3n) is 2.92. The summed E-state index contributed by atoms with van der Waals surface area (Å²) >= 11 is 3.38. The van der Waals surface area contributed by atoms with Gasteiger partial charge in [-0.25, -0.2) is 0 Å². The molecule has 2 unspecified atom stereocenters. The van der Waals surface area contributed by atoms with Gasteiger partial charge in [-0.3, -0.25) is 0 Å². The van der Waals surface area contributed by atoms with Crippen LogP contribution >= 0.6 is 15.9 Å². The Morgan fingerprint density at radius 1 is 1.24 bits per heavy atom. The Bertz CT molecular complexity index is 339. The largest absolute Gasteiger partial charge is 0.493 e. The van der Waals surface area contributed by atoms with E-state index >= 15 is 0 Å². The molecule has 0 radical (unpaired) electrons. The van der Waals surface area contributed by atoms with E-state index in [2.05, 4.69) is 15.9 Å². The van der Waals surface area contributed by atoms with Crippen molar-refractivity contribution >= 4 is 15.9 Å². The minimum absolute atomic E-state index is 0.0349. The number of benzene rings is 1. The molecule has 2 atom stereocenters. The Hall–Kier alpha value is -0.580. The first-order valence-corrected chi connectivity index (χ1v) is 6.72. The lowest BCUT2D eigenvalue weighted by atomic mass is 10.1. The summed E-state index contributed by atoms with van der Waals surface area (Å²) in [5.41, 5.74) is 0. The first-order chi connectivity index (χ1) is 8.28. The summed E-state index contributed by atoms with van der Waals surface area (Å²) in [7, 11) is 0. The molecule has 0 aromatic heterocycles. The molecule has 1 aromatic carbocycles. The van der Waals surface area contributed by atoms with E-state index in [0.717, 1.165) is 29.5 Å². The van der Waals surface area contributed by atoms with E-state index in [1.165, 1.54) is 0 Å². The third kappa shape index (κ3) is 3.98. The van der Waals surface area contributed by atoms with Crippen LogP contribution in [0.5, 0.6) is 5.75 Å². The fourth-order valence-electron chi connectivity index (χ4n) is 1.97. The topological polar surface area (TPSA) is 38.7 Å². The molecular formula is C13H17BrO3. The van der Waals surface area contributed by atoms with Gasteiger partial charge in [-0.05, 0) is 37.1 Å². The van der Waals surface area contributed by atoms with Gasteiger partial charge in [-0.15, -0.1) is 0 Å². The average molecular weight is 301 g/mol. The van der Waals surface area contributed by atoms with E-state index in [0.29, 0.717) is 6.61 Å². The molecule has 17 heavy (non-hydrogen) atoms. The van der Waals surface area contributed by atoms with Crippen molar-refractivity contribution in [2.75, 3.05) is 13.2 Å². The van der Waals surface area contributed by atoms with Crippen LogP contribution in [0.1, 0.15) is 19.3 Å². The van der Waals surface area contributed by atoms with Gasteiger partial charge in [0.1, 0.15) is 5.75 Å². The lowest BCUT2D eigenvalue weighted by Crippen LogP contribution is -2.16. The van der Waals surface area contributed by atoms with E-state index in [1.807, 2.05) is 24.3 Å². The quantitative estimate of drug-likeness (QED) is 0.909. The van der Waals surface area contributed by atoms with Crippen molar-refractivity contribution in [3.63, 3.8) is 0 Å². The molecule has 1 N–H and O–H groups in total. The molecule has 94 valence electrons. The smallest absolute Gasteiger partial charge is 0.119 e. The molecule has 1 heterocycles. The van der Waals surface area contributed by atoms with Crippen LogP contribution in [0.4, 0.5) is 0 Å². The summed E-state index contributed by atoms with van der Waals surface area (Å²) in [6.07, 6.45) is 3.14. The first kappa shape index (κ1) is 12.9. The molecule has 0 spiro atoms. The summed E-state index contributed by atoms with van der Waals surface area (Å²) < 4.78 is 12.3. The zero-order valence-corrected chi connectivity index (χ0v) is 11.2. The van der Waals surface area contributed by atoms with Crippen molar-refractivity contribution in [3.05, 3.63) is 28.7 Å². The van der Waals surface area contributed by atoms with Gasteiger partial charge in [0.05, 0.1) is 25.4 Å². The highest BCUT2D eigenvalue weighted by atomic mass is 79.9. The van der Waals surface area contributed by atoms with Crippen LogP contribution in [0.3, 0.4) is 0 Å². The molecule has 0 amide bonds. The average Bonchev–Trinajstić information content (AvgIpc) is 2.80. The predicted octanol–water partition coefficient (Wildman–Crippen LogP) is 2.76. The number of aliphatic hydroxyl groups is 1. The number of hydrogen-bond acceptors (Lipinski definition) is 3. The molecule has 4 heteroatoms. The molecule has 1 fully saturated rings. The maximum atomic E-state index is 8.95. The van der Waals surface area contributed by atoms with Gasteiger partial charge < -0.3 is 14.6 Å². The Morgan fingerprint density at radius 2 is 1.94 bits per heavy atom. The molecule has 0 bridgehead atoms. The van der Waals surface area contributed by atoms with Crippen LogP contribution in [0.2, 0.25) is 0 Å². The number of halogens is 1. The second kappa shape index (κ2) is 6.38. The van der Waals surface area contributed by atoms with Gasteiger partial charge in [-0.2, -0.15) is 0 Å². The molecule has 1 aliphatic heterocycles. The van der Waals surface area contributed by atoms with Crippen molar-refractivity contribution < 1.29 is 14.6 Å². The highest BCUT2D eigenvalue weighted by molar-refractivity contribution is 9.10.